The number of carbonyl (C=O) groups is 1. The summed E-state index contributed by atoms with van der Waals surface area (Å²) in [5.41, 5.74) is 1.25. The minimum atomic E-state index is -0.389. The van der Waals surface area contributed by atoms with Gasteiger partial charge in [0.15, 0.2) is 4.67 Å². The van der Waals surface area contributed by atoms with Crippen molar-refractivity contribution in [1.29, 1.82) is 0 Å². The maximum absolute atomic E-state index is 13.1. The Morgan fingerprint density at radius 1 is 1.37 bits per heavy atom. The number of carbonyl (C=O) groups excluding carboxylic acids is 1. The van der Waals surface area contributed by atoms with Crippen LogP contribution < -0.4 is 5.32 Å². The van der Waals surface area contributed by atoms with Gasteiger partial charge in [0.2, 0.25) is 5.91 Å². The van der Waals surface area contributed by atoms with Gasteiger partial charge in [-0.2, -0.15) is 0 Å². The lowest BCUT2D eigenvalue weighted by Gasteiger charge is -2.05. The van der Waals surface area contributed by atoms with Gasteiger partial charge >= 0.3 is 0 Å². The molecule has 0 bridgehead atoms. The molecule has 0 saturated heterocycles. The van der Waals surface area contributed by atoms with Crippen molar-refractivity contribution in [2.75, 3.05) is 5.32 Å². The highest BCUT2D eigenvalue weighted by Gasteiger charge is 2.03. The van der Waals surface area contributed by atoms with Crippen molar-refractivity contribution in [2.45, 2.75) is 6.92 Å². The van der Waals surface area contributed by atoms with Crippen molar-refractivity contribution >= 4 is 33.6 Å². The molecule has 1 aromatic carbocycles. The van der Waals surface area contributed by atoms with Gasteiger partial charge in [-0.3, -0.25) is 4.79 Å². The van der Waals surface area contributed by atoms with Crippen LogP contribution in [0.3, 0.4) is 0 Å². The van der Waals surface area contributed by atoms with Crippen molar-refractivity contribution in [1.82, 2.24) is 0 Å². The fourth-order valence-corrected chi connectivity index (χ4v) is 1.80. The predicted octanol–water partition coefficient (Wildman–Crippen LogP) is 4.14. The zero-order valence-electron chi connectivity index (χ0n) is 10.1. The van der Waals surface area contributed by atoms with Crippen LogP contribution in [0.5, 0.6) is 0 Å². The Morgan fingerprint density at radius 2 is 2.16 bits per heavy atom. The van der Waals surface area contributed by atoms with E-state index < -0.39 is 0 Å². The normalized spacial score (nSPS) is 10.9. The summed E-state index contributed by atoms with van der Waals surface area (Å²) in [6.45, 7) is 1.79. The lowest BCUT2D eigenvalue weighted by atomic mass is 10.2. The third-order valence-corrected chi connectivity index (χ3v) is 2.88. The van der Waals surface area contributed by atoms with E-state index in [0.29, 0.717) is 16.1 Å². The molecular weight excluding hydrogens is 313 g/mol. The first-order valence-electron chi connectivity index (χ1n) is 5.55. The van der Waals surface area contributed by atoms with Gasteiger partial charge in [-0.05, 0) is 58.8 Å². The number of hydrogen-bond acceptors (Lipinski definition) is 2. The molecule has 0 atom stereocenters. The number of furan rings is 1. The molecule has 1 N–H and O–H groups in total. The molecule has 5 heteroatoms. The summed E-state index contributed by atoms with van der Waals surface area (Å²) in [4.78, 5) is 11.7. The molecule has 0 spiro atoms. The summed E-state index contributed by atoms with van der Waals surface area (Å²) in [6, 6.07) is 7.69. The summed E-state index contributed by atoms with van der Waals surface area (Å²) in [6.07, 6.45) is 2.87. The number of anilines is 1. The first kappa shape index (κ1) is 13.5. The first-order valence-corrected chi connectivity index (χ1v) is 6.34. The second-order valence-electron chi connectivity index (χ2n) is 3.92. The third kappa shape index (κ3) is 3.79. The van der Waals surface area contributed by atoms with Gasteiger partial charge in [0.25, 0.3) is 0 Å². The molecular formula is C14H11BrFNO2. The molecule has 0 saturated carbocycles. The van der Waals surface area contributed by atoms with Crippen LogP contribution in [0.15, 0.2) is 45.5 Å². The second kappa shape index (κ2) is 5.84. The first-order chi connectivity index (χ1) is 9.04. The number of aryl methyl sites for hydroxylation is 1. The van der Waals surface area contributed by atoms with Crippen LogP contribution in [0.2, 0.25) is 0 Å². The van der Waals surface area contributed by atoms with Gasteiger partial charge in [0.05, 0.1) is 0 Å². The summed E-state index contributed by atoms with van der Waals surface area (Å²) in [5.74, 6) is -0.181. The molecule has 0 aliphatic rings. The Labute approximate surface area is 118 Å². The molecule has 0 aliphatic carbocycles. The van der Waals surface area contributed by atoms with E-state index >= 15 is 0 Å². The lowest BCUT2D eigenvalue weighted by molar-refractivity contribution is -0.111. The maximum atomic E-state index is 13.1. The van der Waals surface area contributed by atoms with Gasteiger partial charge in [0, 0.05) is 11.8 Å². The van der Waals surface area contributed by atoms with Crippen molar-refractivity contribution < 1.29 is 13.6 Å². The molecule has 2 aromatic rings. The van der Waals surface area contributed by atoms with Gasteiger partial charge in [-0.15, -0.1) is 0 Å². The van der Waals surface area contributed by atoms with Crippen LogP contribution in [0, 0.1) is 12.7 Å². The number of hydrogen-bond donors (Lipinski definition) is 1. The maximum Gasteiger partial charge on any atom is 0.248 e. The van der Waals surface area contributed by atoms with E-state index in [9.17, 15) is 9.18 Å². The summed E-state index contributed by atoms with van der Waals surface area (Å²) < 4.78 is 18.9. The summed E-state index contributed by atoms with van der Waals surface area (Å²) >= 11 is 3.17. The van der Waals surface area contributed by atoms with Crippen molar-refractivity contribution in [3.8, 4) is 0 Å². The zero-order chi connectivity index (χ0) is 13.8. The summed E-state index contributed by atoms with van der Waals surface area (Å²) in [7, 11) is 0. The van der Waals surface area contributed by atoms with E-state index in [2.05, 4.69) is 21.2 Å². The Kier molecular flexibility index (Phi) is 4.16. The number of halogens is 2. The second-order valence-corrected chi connectivity index (χ2v) is 4.71. The van der Waals surface area contributed by atoms with Crippen LogP contribution in [0.4, 0.5) is 10.1 Å². The quantitative estimate of drug-likeness (QED) is 0.862. The van der Waals surface area contributed by atoms with Crippen LogP contribution in [-0.2, 0) is 4.79 Å². The van der Waals surface area contributed by atoms with Crippen molar-refractivity contribution in [3.05, 3.63) is 58.2 Å². The Balaban J connectivity index is 2.05. The highest BCUT2D eigenvalue weighted by atomic mass is 79.9. The van der Waals surface area contributed by atoms with E-state index in [1.54, 1.807) is 25.1 Å². The topological polar surface area (TPSA) is 42.2 Å². The van der Waals surface area contributed by atoms with Crippen molar-refractivity contribution in [2.24, 2.45) is 0 Å². The number of amides is 1. The highest BCUT2D eigenvalue weighted by Crippen LogP contribution is 2.17. The predicted molar refractivity (Wildman–Crippen MR) is 75.2 cm³/mol. The lowest BCUT2D eigenvalue weighted by Crippen LogP contribution is -2.09. The van der Waals surface area contributed by atoms with Gasteiger partial charge in [0.1, 0.15) is 11.6 Å². The van der Waals surface area contributed by atoms with E-state index in [4.69, 9.17) is 4.42 Å². The molecule has 1 aromatic heterocycles. The van der Waals surface area contributed by atoms with E-state index in [1.165, 1.54) is 24.3 Å². The molecule has 0 radical (unpaired) electrons. The number of rotatable bonds is 3. The van der Waals surface area contributed by atoms with Crippen molar-refractivity contribution in [3.63, 3.8) is 0 Å². The standard InChI is InChI=1S/C14H11BrFNO2/c1-9-2-3-10(16)8-12(9)17-14(18)7-5-11-4-6-13(15)19-11/h2-8H,1H3,(H,17,18)/b7-5+. The number of nitrogens with one attached hydrogen (secondary N) is 1. The molecule has 0 fully saturated rings. The molecule has 3 nitrogen and oxygen atoms in total. The SMILES string of the molecule is Cc1ccc(F)cc1NC(=O)/C=C/c1ccc(Br)o1. The van der Waals surface area contributed by atoms with Crippen LogP contribution in [0.25, 0.3) is 6.08 Å². The number of benzene rings is 1. The minimum Gasteiger partial charge on any atom is -0.450 e. The van der Waals surface area contributed by atoms with Gasteiger partial charge < -0.3 is 9.73 Å². The molecule has 0 unspecified atom stereocenters. The van der Waals surface area contributed by atoms with Gasteiger partial charge in [-0.1, -0.05) is 6.07 Å². The molecule has 19 heavy (non-hydrogen) atoms. The van der Waals surface area contributed by atoms with Crippen LogP contribution >= 0.6 is 15.9 Å². The average molecular weight is 324 g/mol. The van der Waals surface area contributed by atoms with Crippen LogP contribution in [0.1, 0.15) is 11.3 Å². The molecule has 98 valence electrons. The fourth-order valence-electron chi connectivity index (χ4n) is 1.48. The minimum absolute atomic E-state index is 0.346. The zero-order valence-corrected chi connectivity index (χ0v) is 11.7. The molecule has 1 heterocycles. The van der Waals surface area contributed by atoms with E-state index in [1.807, 2.05) is 0 Å². The van der Waals surface area contributed by atoms with Gasteiger partial charge in [-0.25, -0.2) is 4.39 Å². The Hall–Kier alpha value is -1.88. The molecule has 0 aliphatic heterocycles. The average Bonchev–Trinajstić information content (AvgIpc) is 2.77. The van der Waals surface area contributed by atoms with Crippen LogP contribution in [-0.4, -0.2) is 5.91 Å². The highest BCUT2D eigenvalue weighted by molar-refractivity contribution is 9.10. The Bertz CT molecular complexity index is 634. The Morgan fingerprint density at radius 3 is 2.84 bits per heavy atom. The third-order valence-electron chi connectivity index (χ3n) is 2.45. The van der Waals surface area contributed by atoms with E-state index in [-0.39, 0.29) is 11.7 Å². The molecule has 2 rings (SSSR count). The monoisotopic (exact) mass is 323 g/mol. The van der Waals surface area contributed by atoms with E-state index in [0.717, 1.165) is 5.56 Å². The fraction of sp³-hybridized carbons (Fsp3) is 0.0714. The summed E-state index contributed by atoms with van der Waals surface area (Å²) in [5, 5.41) is 2.61. The largest absolute Gasteiger partial charge is 0.450 e. The smallest absolute Gasteiger partial charge is 0.248 e. The molecule has 1 amide bonds.